The van der Waals surface area contributed by atoms with Crippen LogP contribution in [0.2, 0.25) is 0 Å². The molecule has 1 unspecified atom stereocenters. The minimum atomic E-state index is -1.72. The molecule has 0 aromatic rings. The predicted octanol–water partition coefficient (Wildman–Crippen LogP) is 0.509. The molecular weight excluding hydrogens is 300 g/mol. The van der Waals surface area contributed by atoms with Crippen molar-refractivity contribution < 1.29 is 24.6 Å². The van der Waals surface area contributed by atoms with Gasteiger partial charge in [0.05, 0.1) is 0 Å². The predicted molar refractivity (Wildman–Crippen MR) is 82.6 cm³/mol. The summed E-state index contributed by atoms with van der Waals surface area (Å²) >= 11 is 0. The van der Waals surface area contributed by atoms with Gasteiger partial charge < -0.3 is 20.4 Å². The number of nitrogens with zero attached hydrogens (tertiary/aromatic N) is 1. The molecule has 7 heteroatoms. The minimum absolute atomic E-state index is 0.0293. The molecule has 1 saturated heterocycles. The van der Waals surface area contributed by atoms with Crippen molar-refractivity contribution in [1.29, 1.82) is 0 Å². The lowest BCUT2D eigenvalue weighted by molar-refractivity contribution is -0.165. The molecule has 3 N–H and O–H groups in total. The van der Waals surface area contributed by atoms with Gasteiger partial charge in [0, 0.05) is 44.3 Å². The van der Waals surface area contributed by atoms with Crippen molar-refractivity contribution in [2.45, 2.75) is 63.5 Å². The highest BCUT2D eigenvalue weighted by Gasteiger charge is 2.40. The lowest BCUT2D eigenvalue weighted by Gasteiger charge is -2.35. The van der Waals surface area contributed by atoms with E-state index >= 15 is 0 Å². The van der Waals surface area contributed by atoms with Gasteiger partial charge in [-0.05, 0) is 19.8 Å². The quantitative estimate of drug-likeness (QED) is 0.682. The Morgan fingerprint density at radius 1 is 1.22 bits per heavy atom. The van der Waals surface area contributed by atoms with E-state index in [1.54, 1.807) is 4.90 Å². The fourth-order valence-electron chi connectivity index (χ4n) is 3.33. The number of aliphatic carboxylic acids is 1. The molecule has 130 valence electrons. The molecule has 2 aliphatic rings. The van der Waals surface area contributed by atoms with Crippen LogP contribution in [0.15, 0.2) is 0 Å². The van der Waals surface area contributed by atoms with E-state index in [1.165, 1.54) is 0 Å². The Morgan fingerprint density at radius 3 is 2.30 bits per heavy atom. The molecule has 1 aliphatic heterocycles. The number of hydrogen-bond acceptors (Lipinski definition) is 4. The van der Waals surface area contributed by atoms with Gasteiger partial charge in [0.1, 0.15) is 0 Å². The maximum absolute atomic E-state index is 12.2. The molecule has 1 saturated carbocycles. The fraction of sp³-hybridized carbons (Fsp3) is 0.812. The van der Waals surface area contributed by atoms with E-state index in [0.717, 1.165) is 25.7 Å². The summed E-state index contributed by atoms with van der Waals surface area (Å²) in [6, 6.07) is -0.240. The maximum atomic E-state index is 12.2. The van der Waals surface area contributed by atoms with E-state index in [2.05, 4.69) is 5.32 Å². The molecular formula is C16H26N2O5. The number of piperidine rings is 1. The number of rotatable bonds is 5. The van der Waals surface area contributed by atoms with Crippen LogP contribution in [0.1, 0.15) is 51.9 Å². The molecule has 1 heterocycles. The Labute approximate surface area is 136 Å². The Bertz CT molecular complexity index is 465. The first kappa shape index (κ1) is 17.7. The van der Waals surface area contributed by atoms with Crippen molar-refractivity contribution in [3.05, 3.63) is 0 Å². The Kier molecular flexibility index (Phi) is 5.62. The largest absolute Gasteiger partial charge is 0.479 e. The van der Waals surface area contributed by atoms with Gasteiger partial charge in [0.25, 0.3) is 0 Å². The van der Waals surface area contributed by atoms with Gasteiger partial charge in [0.15, 0.2) is 5.60 Å². The lowest BCUT2D eigenvalue weighted by Crippen LogP contribution is -2.51. The third-order valence-corrected chi connectivity index (χ3v) is 4.94. The molecule has 0 spiro atoms. The second kappa shape index (κ2) is 7.29. The number of nitrogens with one attached hydrogen (secondary N) is 1. The Balaban J connectivity index is 1.76. The summed E-state index contributed by atoms with van der Waals surface area (Å²) in [5, 5.41) is 21.7. The monoisotopic (exact) mass is 326 g/mol. The van der Waals surface area contributed by atoms with E-state index < -0.39 is 11.6 Å². The average Bonchev–Trinajstić information content (AvgIpc) is 3.01. The van der Waals surface area contributed by atoms with Crippen LogP contribution in [0, 0.1) is 5.92 Å². The molecule has 2 fully saturated rings. The highest BCUT2D eigenvalue weighted by atomic mass is 16.4. The standard InChI is InChI=1S/C16H26N2O5/c1-11(17-14(20)12-4-2-3-5-12)10-13(19)18-8-6-16(23,7-9-18)15(21)22/h11-12,23H,2-10H2,1H3,(H,17,20)(H,21,22). The van der Waals surface area contributed by atoms with Gasteiger partial charge >= 0.3 is 5.97 Å². The zero-order valence-electron chi connectivity index (χ0n) is 13.6. The molecule has 1 aliphatic carbocycles. The molecule has 2 amide bonds. The van der Waals surface area contributed by atoms with Gasteiger partial charge in [-0.15, -0.1) is 0 Å². The van der Waals surface area contributed by atoms with Gasteiger partial charge in [-0.1, -0.05) is 12.8 Å². The first-order chi connectivity index (χ1) is 10.8. The van der Waals surface area contributed by atoms with Crippen molar-refractivity contribution >= 4 is 17.8 Å². The van der Waals surface area contributed by atoms with Gasteiger partial charge in [0.2, 0.25) is 11.8 Å². The van der Waals surface area contributed by atoms with Crippen molar-refractivity contribution in [3.8, 4) is 0 Å². The summed E-state index contributed by atoms with van der Waals surface area (Å²) in [4.78, 5) is 36.8. The average molecular weight is 326 g/mol. The summed E-state index contributed by atoms with van der Waals surface area (Å²) in [7, 11) is 0. The van der Waals surface area contributed by atoms with E-state index in [4.69, 9.17) is 5.11 Å². The number of amides is 2. The molecule has 23 heavy (non-hydrogen) atoms. The number of carboxylic acid groups (broad SMARTS) is 1. The van der Waals surface area contributed by atoms with Crippen molar-refractivity contribution in [2.24, 2.45) is 5.92 Å². The normalized spacial score (nSPS) is 22.6. The third kappa shape index (κ3) is 4.43. The first-order valence-electron chi connectivity index (χ1n) is 8.36. The highest BCUT2D eigenvalue weighted by Crippen LogP contribution is 2.25. The summed E-state index contributed by atoms with van der Waals surface area (Å²) in [5.74, 6) is -1.24. The van der Waals surface area contributed by atoms with Gasteiger partial charge in [-0.25, -0.2) is 4.79 Å². The third-order valence-electron chi connectivity index (χ3n) is 4.94. The minimum Gasteiger partial charge on any atom is -0.479 e. The summed E-state index contributed by atoms with van der Waals surface area (Å²) < 4.78 is 0. The topological polar surface area (TPSA) is 107 Å². The second-order valence-corrected chi connectivity index (χ2v) is 6.81. The summed E-state index contributed by atoms with van der Waals surface area (Å²) in [5.41, 5.74) is -1.72. The van der Waals surface area contributed by atoms with E-state index in [0.29, 0.717) is 0 Å². The van der Waals surface area contributed by atoms with Crippen LogP contribution in [0.3, 0.4) is 0 Å². The van der Waals surface area contributed by atoms with Crippen LogP contribution in [0.5, 0.6) is 0 Å². The van der Waals surface area contributed by atoms with Crippen LogP contribution in [0.25, 0.3) is 0 Å². The zero-order valence-corrected chi connectivity index (χ0v) is 13.6. The SMILES string of the molecule is CC(CC(=O)N1CCC(O)(C(=O)O)CC1)NC(=O)C1CCCC1. The number of aliphatic hydroxyl groups is 1. The molecule has 0 aromatic carbocycles. The number of hydrogen-bond donors (Lipinski definition) is 3. The highest BCUT2D eigenvalue weighted by molar-refractivity contribution is 5.82. The van der Waals surface area contributed by atoms with Crippen molar-refractivity contribution in [1.82, 2.24) is 10.2 Å². The second-order valence-electron chi connectivity index (χ2n) is 6.81. The van der Waals surface area contributed by atoms with Gasteiger partial charge in [-0.3, -0.25) is 9.59 Å². The number of likely N-dealkylation sites (tertiary alicyclic amines) is 1. The smallest absolute Gasteiger partial charge is 0.335 e. The molecule has 2 rings (SSSR count). The zero-order chi connectivity index (χ0) is 17.0. The number of carboxylic acids is 1. The molecule has 7 nitrogen and oxygen atoms in total. The van der Waals surface area contributed by atoms with Gasteiger partial charge in [-0.2, -0.15) is 0 Å². The molecule has 1 atom stereocenters. The molecule has 0 aromatic heterocycles. The van der Waals surface area contributed by atoms with E-state index in [9.17, 15) is 19.5 Å². The van der Waals surface area contributed by atoms with Crippen LogP contribution in [-0.4, -0.2) is 57.6 Å². The van der Waals surface area contributed by atoms with Crippen LogP contribution < -0.4 is 5.32 Å². The van der Waals surface area contributed by atoms with Crippen LogP contribution >= 0.6 is 0 Å². The molecule has 0 radical (unpaired) electrons. The van der Waals surface area contributed by atoms with Crippen LogP contribution in [0.4, 0.5) is 0 Å². The fourth-order valence-corrected chi connectivity index (χ4v) is 3.33. The van der Waals surface area contributed by atoms with E-state index in [1.807, 2.05) is 6.92 Å². The number of carbonyl (C=O) groups excluding carboxylic acids is 2. The van der Waals surface area contributed by atoms with E-state index in [-0.39, 0.29) is 56.1 Å². The summed E-state index contributed by atoms with van der Waals surface area (Å²) in [6.07, 6.45) is 4.30. The lowest BCUT2D eigenvalue weighted by atomic mass is 9.91. The first-order valence-corrected chi connectivity index (χ1v) is 8.36. The van der Waals surface area contributed by atoms with Crippen LogP contribution in [-0.2, 0) is 14.4 Å². The Morgan fingerprint density at radius 2 is 1.78 bits per heavy atom. The molecule has 0 bridgehead atoms. The summed E-state index contributed by atoms with van der Waals surface area (Å²) in [6.45, 7) is 2.26. The maximum Gasteiger partial charge on any atom is 0.335 e. The number of carbonyl (C=O) groups is 3. The van der Waals surface area contributed by atoms with Crippen molar-refractivity contribution in [3.63, 3.8) is 0 Å². The van der Waals surface area contributed by atoms with Crippen molar-refractivity contribution in [2.75, 3.05) is 13.1 Å². The Hall–Kier alpha value is -1.63.